The number of rotatable bonds is 4. The van der Waals surface area contributed by atoms with E-state index in [1.165, 1.54) is 6.20 Å². The van der Waals surface area contributed by atoms with Crippen LogP contribution in [-0.2, 0) is 11.3 Å². The lowest BCUT2D eigenvalue weighted by Gasteiger charge is -2.21. The lowest BCUT2D eigenvalue weighted by Crippen LogP contribution is -2.45. The lowest BCUT2D eigenvalue weighted by molar-refractivity contribution is -0.123. The molecule has 3 aliphatic heterocycles. The predicted octanol–water partition coefficient (Wildman–Crippen LogP) is 2.56. The second kappa shape index (κ2) is 11.1. The van der Waals surface area contributed by atoms with Gasteiger partial charge in [-0.1, -0.05) is 23.7 Å². The van der Waals surface area contributed by atoms with Crippen LogP contribution in [0.3, 0.4) is 0 Å². The summed E-state index contributed by atoms with van der Waals surface area (Å²) >= 11 is 6.13. The molecule has 12 heteroatoms. The van der Waals surface area contributed by atoms with Crippen molar-refractivity contribution in [2.75, 3.05) is 26.3 Å². The molecule has 3 N–H and O–H groups in total. The average molecular weight is 566 g/mol. The van der Waals surface area contributed by atoms with E-state index in [9.17, 15) is 14.4 Å². The van der Waals surface area contributed by atoms with Crippen LogP contribution in [0.2, 0.25) is 5.02 Å². The van der Waals surface area contributed by atoms with Gasteiger partial charge < -0.3 is 29.7 Å². The van der Waals surface area contributed by atoms with Crippen LogP contribution in [0.15, 0.2) is 48.7 Å². The van der Waals surface area contributed by atoms with Gasteiger partial charge in [-0.15, -0.1) is 0 Å². The number of nitrogens with zero attached hydrogens (tertiary/aromatic N) is 2. The van der Waals surface area contributed by atoms with E-state index in [4.69, 9.17) is 25.8 Å². The molecule has 2 aromatic carbocycles. The summed E-state index contributed by atoms with van der Waals surface area (Å²) in [7, 11) is 0. The summed E-state index contributed by atoms with van der Waals surface area (Å²) in [5.74, 6) is 0.876. The molecule has 0 spiro atoms. The quantitative estimate of drug-likeness (QED) is 0.442. The second-order valence-corrected chi connectivity index (χ2v) is 10.6. The number of nitrogens with one attached hydrogen (secondary N) is 3. The summed E-state index contributed by atoms with van der Waals surface area (Å²) in [5, 5.41) is 12.5. The standard InChI is InChI=1S/C28H28ClN5O6/c29-22-11-31-33-26(22)28(37)34-12-23-24(13-34)40-19-5-3-16(4-6-19)10-30-25(35)15-39-21-8-18(27(36)32-23)7-20(9-21)38-14-17-1-2-17/h3-9,11,17,23-24H,1-2,10,12-15H2,(H,30,35)(H,31,33)(H,32,36)/t23-,24-/m0/s1. The van der Waals surface area contributed by atoms with Crippen molar-refractivity contribution in [2.45, 2.75) is 31.5 Å². The van der Waals surface area contributed by atoms with Gasteiger partial charge >= 0.3 is 0 Å². The van der Waals surface area contributed by atoms with E-state index in [0.717, 1.165) is 18.4 Å². The van der Waals surface area contributed by atoms with E-state index in [0.29, 0.717) is 41.9 Å². The summed E-state index contributed by atoms with van der Waals surface area (Å²) in [6.07, 6.45) is 3.07. The number of benzene rings is 2. The Bertz CT molecular complexity index is 1420. The van der Waals surface area contributed by atoms with Crippen molar-refractivity contribution in [3.8, 4) is 17.2 Å². The summed E-state index contributed by atoms with van der Waals surface area (Å²) in [6, 6.07) is 11.6. The van der Waals surface area contributed by atoms with Crippen LogP contribution in [0.25, 0.3) is 0 Å². The van der Waals surface area contributed by atoms with E-state index in [2.05, 4.69) is 20.8 Å². The Morgan fingerprint density at radius 3 is 2.67 bits per heavy atom. The SMILES string of the molecule is O=C1COc2cc(OCC3CC3)cc(c2)C(=O)N[C@H]2CN(C(=O)c3[nH]ncc3Cl)C[C@@H]2Oc2ccc(cc2)CN1. The van der Waals surface area contributed by atoms with Crippen molar-refractivity contribution in [3.63, 3.8) is 0 Å². The highest BCUT2D eigenvalue weighted by Gasteiger charge is 2.39. The molecule has 1 saturated carbocycles. The first kappa shape index (κ1) is 26.0. The molecule has 7 rings (SSSR count). The molecule has 2 atom stereocenters. The third-order valence-electron chi connectivity index (χ3n) is 7.07. The molecule has 1 aromatic heterocycles. The minimum atomic E-state index is -0.541. The Labute approximate surface area is 235 Å². The predicted molar refractivity (Wildman–Crippen MR) is 144 cm³/mol. The molecular weight excluding hydrogens is 538 g/mol. The Morgan fingerprint density at radius 2 is 1.93 bits per heavy atom. The minimum Gasteiger partial charge on any atom is -0.493 e. The van der Waals surface area contributed by atoms with Crippen LogP contribution in [0, 0.1) is 5.92 Å². The van der Waals surface area contributed by atoms with Crippen molar-refractivity contribution in [1.29, 1.82) is 0 Å². The van der Waals surface area contributed by atoms with Gasteiger partial charge in [0.05, 0.1) is 30.4 Å². The van der Waals surface area contributed by atoms with E-state index < -0.39 is 18.1 Å². The molecule has 4 aliphatic rings. The Balaban J connectivity index is 1.29. The molecule has 4 heterocycles. The highest BCUT2D eigenvalue weighted by Crippen LogP contribution is 2.31. The van der Waals surface area contributed by atoms with E-state index >= 15 is 0 Å². The number of ether oxygens (including phenoxy) is 3. The number of aromatic nitrogens is 2. The number of hydrogen-bond donors (Lipinski definition) is 3. The number of H-pyrrole nitrogens is 1. The maximum atomic E-state index is 13.5. The number of carbonyl (C=O) groups excluding carboxylic acids is 3. The van der Waals surface area contributed by atoms with Gasteiger partial charge in [0.25, 0.3) is 17.7 Å². The molecule has 11 nitrogen and oxygen atoms in total. The molecular formula is C28H28ClN5O6. The van der Waals surface area contributed by atoms with Crippen molar-refractivity contribution < 1.29 is 28.6 Å². The van der Waals surface area contributed by atoms with Gasteiger partial charge in [0.1, 0.15) is 29.0 Å². The summed E-state index contributed by atoms with van der Waals surface area (Å²) < 4.78 is 17.9. The monoisotopic (exact) mass is 565 g/mol. The first-order valence-corrected chi connectivity index (χ1v) is 13.5. The number of hydrogen-bond acceptors (Lipinski definition) is 7. The number of fused-ring (bicyclic) bond motifs is 7. The summed E-state index contributed by atoms with van der Waals surface area (Å²) in [5.41, 5.74) is 1.36. The number of aromatic amines is 1. The van der Waals surface area contributed by atoms with Crippen LogP contribution in [0.1, 0.15) is 39.3 Å². The average Bonchev–Trinajstić information content (AvgIpc) is 3.57. The van der Waals surface area contributed by atoms with Crippen molar-refractivity contribution in [1.82, 2.24) is 25.7 Å². The van der Waals surface area contributed by atoms with E-state index in [1.807, 2.05) is 12.1 Å². The van der Waals surface area contributed by atoms with Gasteiger partial charge in [0, 0.05) is 24.7 Å². The molecule has 3 aromatic rings. The first-order chi connectivity index (χ1) is 19.4. The van der Waals surface area contributed by atoms with Crippen LogP contribution < -0.4 is 24.8 Å². The summed E-state index contributed by atoms with van der Waals surface area (Å²) in [6.45, 7) is 1.07. The third-order valence-corrected chi connectivity index (χ3v) is 7.36. The minimum absolute atomic E-state index is 0.176. The molecule has 4 bridgehead atoms. The second-order valence-electron chi connectivity index (χ2n) is 10.2. The summed E-state index contributed by atoms with van der Waals surface area (Å²) in [4.78, 5) is 40.7. The van der Waals surface area contributed by atoms with Gasteiger partial charge in [-0.3, -0.25) is 19.5 Å². The van der Waals surface area contributed by atoms with Gasteiger partial charge in [0.15, 0.2) is 6.61 Å². The van der Waals surface area contributed by atoms with Gasteiger partial charge in [-0.05, 0) is 48.6 Å². The van der Waals surface area contributed by atoms with E-state index in [1.54, 1.807) is 35.2 Å². The molecule has 1 aliphatic carbocycles. The molecule has 1 saturated heterocycles. The number of halogens is 1. The van der Waals surface area contributed by atoms with Gasteiger partial charge in [0.2, 0.25) is 0 Å². The Kier molecular flexibility index (Phi) is 7.21. The lowest BCUT2D eigenvalue weighted by atomic mass is 10.1. The smallest absolute Gasteiger partial charge is 0.273 e. The molecule has 3 amide bonds. The fourth-order valence-electron chi connectivity index (χ4n) is 4.66. The van der Waals surface area contributed by atoms with Crippen molar-refractivity contribution in [2.24, 2.45) is 5.92 Å². The largest absolute Gasteiger partial charge is 0.493 e. The molecule has 0 unspecified atom stereocenters. The van der Waals surface area contributed by atoms with Crippen LogP contribution in [0.5, 0.6) is 17.2 Å². The van der Waals surface area contributed by atoms with E-state index in [-0.39, 0.29) is 42.2 Å². The Morgan fingerprint density at radius 1 is 1.10 bits per heavy atom. The maximum Gasteiger partial charge on any atom is 0.273 e. The van der Waals surface area contributed by atoms with Crippen LogP contribution in [0.4, 0.5) is 0 Å². The van der Waals surface area contributed by atoms with Gasteiger partial charge in [-0.25, -0.2) is 0 Å². The number of amides is 3. The van der Waals surface area contributed by atoms with Crippen molar-refractivity contribution >= 4 is 29.3 Å². The maximum absolute atomic E-state index is 13.5. The van der Waals surface area contributed by atoms with Crippen molar-refractivity contribution in [3.05, 3.63) is 70.5 Å². The number of carbonyl (C=O) groups is 3. The topological polar surface area (TPSA) is 135 Å². The van der Waals surface area contributed by atoms with Gasteiger partial charge in [-0.2, -0.15) is 5.10 Å². The zero-order valence-corrected chi connectivity index (χ0v) is 22.3. The fourth-order valence-corrected chi connectivity index (χ4v) is 4.83. The normalized spacial score (nSPS) is 21.0. The molecule has 2 fully saturated rings. The molecule has 40 heavy (non-hydrogen) atoms. The first-order valence-electron chi connectivity index (χ1n) is 13.1. The molecule has 208 valence electrons. The molecule has 0 radical (unpaired) electrons. The highest BCUT2D eigenvalue weighted by atomic mass is 35.5. The van der Waals surface area contributed by atoms with Crippen LogP contribution >= 0.6 is 11.6 Å². The van der Waals surface area contributed by atoms with Crippen LogP contribution in [-0.4, -0.2) is 71.3 Å². The third kappa shape index (κ3) is 5.99. The highest BCUT2D eigenvalue weighted by molar-refractivity contribution is 6.33. The fraction of sp³-hybridized carbons (Fsp3) is 0.357. The zero-order chi connectivity index (χ0) is 27.6. The zero-order valence-electron chi connectivity index (χ0n) is 21.5. The number of likely N-dealkylation sites (tertiary alicyclic amines) is 1. The Hall–Kier alpha value is -4.25.